The molecule has 0 fully saturated rings. The fourth-order valence-corrected chi connectivity index (χ4v) is 3.19. The molecule has 24 heavy (non-hydrogen) atoms. The first-order valence-corrected chi connectivity index (χ1v) is 7.74. The smallest absolute Gasteiger partial charge is 0.344 e. The molecule has 2 heterocycles. The van der Waals surface area contributed by atoms with Crippen molar-refractivity contribution in [3.8, 4) is 5.69 Å². The summed E-state index contributed by atoms with van der Waals surface area (Å²) in [6, 6.07) is 15.3. The highest BCUT2D eigenvalue weighted by Gasteiger charge is 2.22. The zero-order valence-electron chi connectivity index (χ0n) is 13.2. The highest BCUT2D eigenvalue weighted by atomic mass is 35.5. The second-order valence-electron chi connectivity index (χ2n) is 5.64. The van der Waals surface area contributed by atoms with E-state index < -0.39 is 0 Å². The number of hydrogen-bond acceptors (Lipinski definition) is 2. The van der Waals surface area contributed by atoms with Crippen LogP contribution in [0.4, 0.5) is 0 Å². The van der Waals surface area contributed by atoms with Crippen molar-refractivity contribution in [2.75, 3.05) is 0 Å². The molecule has 2 aromatic carbocycles. The van der Waals surface area contributed by atoms with E-state index in [1.54, 1.807) is 16.8 Å². The van der Waals surface area contributed by atoms with Crippen molar-refractivity contribution in [2.45, 2.75) is 6.92 Å². The Morgan fingerprint density at radius 3 is 2.33 bits per heavy atom. The van der Waals surface area contributed by atoms with Crippen LogP contribution >= 0.6 is 11.6 Å². The number of benzene rings is 2. The molecule has 4 rings (SSSR count). The van der Waals surface area contributed by atoms with Crippen LogP contribution in [-0.2, 0) is 7.05 Å². The first-order valence-electron chi connectivity index (χ1n) is 7.36. The van der Waals surface area contributed by atoms with Crippen molar-refractivity contribution < 1.29 is 10.0 Å². The molecule has 122 valence electrons. The van der Waals surface area contributed by atoms with Gasteiger partial charge in [-0.15, -0.1) is 0 Å². The highest BCUT2D eigenvalue weighted by molar-refractivity contribution is 6.30. The van der Waals surface area contributed by atoms with E-state index in [1.807, 2.05) is 48.9 Å². The Morgan fingerprint density at radius 1 is 1.04 bits per heavy atom. The van der Waals surface area contributed by atoms with Crippen LogP contribution in [0, 0.1) is 6.92 Å². The van der Waals surface area contributed by atoms with E-state index in [-0.39, 0.29) is 11.0 Å². The first kappa shape index (κ1) is 16.2. The third-order valence-corrected chi connectivity index (χ3v) is 4.63. The zero-order valence-corrected chi connectivity index (χ0v) is 14.0. The minimum Gasteiger partial charge on any atom is -0.870 e. The van der Waals surface area contributed by atoms with Gasteiger partial charge in [-0.1, -0.05) is 29.8 Å². The van der Waals surface area contributed by atoms with Crippen LogP contribution in [0.2, 0.25) is 5.02 Å². The summed E-state index contributed by atoms with van der Waals surface area (Å²) in [6.07, 6.45) is 0. The monoisotopic (exact) mass is 341 g/mol. The second kappa shape index (κ2) is 5.78. The Morgan fingerprint density at radius 2 is 1.67 bits per heavy atom. The Bertz CT molecular complexity index is 1110. The fourth-order valence-electron chi connectivity index (χ4n) is 3.06. The van der Waals surface area contributed by atoms with E-state index in [1.165, 1.54) is 0 Å². The maximum absolute atomic E-state index is 12.9. The second-order valence-corrected chi connectivity index (χ2v) is 6.08. The molecule has 5 nitrogen and oxygen atoms in total. The van der Waals surface area contributed by atoms with Gasteiger partial charge in [0.15, 0.2) is 5.69 Å². The van der Waals surface area contributed by atoms with E-state index >= 15 is 0 Å². The summed E-state index contributed by atoms with van der Waals surface area (Å²) in [6.45, 7) is 2.03. The van der Waals surface area contributed by atoms with Crippen molar-refractivity contribution in [3.05, 3.63) is 69.6 Å². The number of H-pyrrole nitrogens is 1. The lowest BCUT2D eigenvalue weighted by atomic mass is 10.1. The molecule has 0 aliphatic rings. The number of aryl methyl sites for hydroxylation is 2. The van der Waals surface area contributed by atoms with E-state index in [4.69, 9.17) is 11.6 Å². The molecule has 2 aromatic heterocycles. The number of aromatic amines is 1. The zero-order chi connectivity index (χ0) is 16.1. The maximum atomic E-state index is 12.9. The highest BCUT2D eigenvalue weighted by Crippen LogP contribution is 2.22. The standard InChI is InChI=1S/C18H14ClN3O.H2O/c1-11-14-5-3-4-6-15(14)16-17(21(11)2)18(23)22(20-16)13-9-7-12(19)8-10-13;/h3-10H,1-2H3;1H2. The number of nitrogens with one attached hydrogen (secondary N) is 1. The Kier molecular flexibility index (Phi) is 3.91. The molecule has 0 saturated carbocycles. The van der Waals surface area contributed by atoms with Gasteiger partial charge in [0, 0.05) is 17.3 Å². The summed E-state index contributed by atoms with van der Waals surface area (Å²) in [7, 11) is 1.92. The fraction of sp³-hybridized carbons (Fsp3) is 0.111. The summed E-state index contributed by atoms with van der Waals surface area (Å²) in [5.41, 5.74) is 3.26. The van der Waals surface area contributed by atoms with Crippen molar-refractivity contribution in [1.29, 1.82) is 0 Å². The SMILES string of the molecule is Cc1c2ccccc2c2[nH]n(-c3ccc(Cl)cc3)c(=O)c2[n+]1C.[OH-]. The van der Waals surface area contributed by atoms with Gasteiger partial charge in [-0.05, 0) is 30.3 Å². The molecule has 0 spiro atoms. The number of hydrogen-bond donors (Lipinski definition) is 1. The van der Waals surface area contributed by atoms with E-state index in [0.29, 0.717) is 10.5 Å². The van der Waals surface area contributed by atoms with E-state index in [2.05, 4.69) is 11.2 Å². The molecule has 2 N–H and O–H groups in total. The molecule has 0 unspecified atom stereocenters. The molecule has 0 saturated heterocycles. The average molecular weight is 342 g/mol. The van der Waals surface area contributed by atoms with Crippen LogP contribution in [-0.4, -0.2) is 15.3 Å². The minimum absolute atomic E-state index is 0. The first-order chi connectivity index (χ1) is 11.1. The van der Waals surface area contributed by atoms with Gasteiger partial charge in [-0.25, -0.2) is 4.68 Å². The van der Waals surface area contributed by atoms with Gasteiger partial charge in [-0.2, -0.15) is 4.57 Å². The molecule has 6 heteroatoms. The number of rotatable bonds is 1. The largest absolute Gasteiger partial charge is 0.870 e. The van der Waals surface area contributed by atoms with Crippen LogP contribution in [0.3, 0.4) is 0 Å². The van der Waals surface area contributed by atoms with Gasteiger partial charge in [0.05, 0.1) is 11.1 Å². The molecule has 0 radical (unpaired) electrons. The number of pyridine rings is 1. The van der Waals surface area contributed by atoms with Crippen LogP contribution < -0.4 is 10.1 Å². The van der Waals surface area contributed by atoms with Crippen LogP contribution in [0.5, 0.6) is 0 Å². The molecule has 0 amide bonds. The molecule has 0 bridgehead atoms. The molecule has 0 aliphatic heterocycles. The third kappa shape index (κ3) is 2.21. The Hall–Kier alpha value is -2.63. The van der Waals surface area contributed by atoms with Gasteiger partial charge >= 0.3 is 5.56 Å². The minimum atomic E-state index is -0.0707. The summed E-state index contributed by atoms with van der Waals surface area (Å²) in [4.78, 5) is 12.9. The van der Waals surface area contributed by atoms with Crippen molar-refractivity contribution in [1.82, 2.24) is 9.78 Å². The number of aromatic nitrogens is 3. The normalized spacial score (nSPS) is 11.0. The number of fused-ring (bicyclic) bond motifs is 3. The Labute approximate surface area is 143 Å². The lowest BCUT2D eigenvalue weighted by Crippen LogP contribution is -2.37. The van der Waals surface area contributed by atoms with Crippen molar-refractivity contribution >= 4 is 33.4 Å². The maximum Gasteiger partial charge on any atom is 0.344 e. The predicted molar refractivity (Wildman–Crippen MR) is 94.3 cm³/mol. The summed E-state index contributed by atoms with van der Waals surface area (Å²) >= 11 is 5.94. The predicted octanol–water partition coefficient (Wildman–Crippen LogP) is 3.08. The van der Waals surface area contributed by atoms with E-state index in [0.717, 1.165) is 27.7 Å². The molecular formula is C18H16ClN3O2. The van der Waals surface area contributed by atoms with Gasteiger partial charge in [0.1, 0.15) is 12.6 Å². The molecule has 0 aliphatic carbocycles. The van der Waals surface area contributed by atoms with Gasteiger partial charge < -0.3 is 5.48 Å². The quantitative estimate of drug-likeness (QED) is 0.540. The molecular weight excluding hydrogens is 326 g/mol. The van der Waals surface area contributed by atoms with E-state index in [9.17, 15) is 4.79 Å². The Balaban J connectivity index is 0.00000169. The lowest BCUT2D eigenvalue weighted by Gasteiger charge is -2.01. The topological polar surface area (TPSA) is 71.7 Å². The number of nitrogens with zero attached hydrogens (tertiary/aromatic N) is 2. The summed E-state index contributed by atoms with van der Waals surface area (Å²) in [5.74, 6) is 0. The van der Waals surface area contributed by atoms with Gasteiger partial charge in [0.2, 0.25) is 0 Å². The average Bonchev–Trinajstić information content (AvgIpc) is 2.91. The molecule has 4 aromatic rings. The van der Waals surface area contributed by atoms with Crippen LogP contribution in [0.25, 0.3) is 27.5 Å². The summed E-state index contributed by atoms with van der Waals surface area (Å²) < 4.78 is 3.51. The van der Waals surface area contributed by atoms with Crippen LogP contribution in [0.1, 0.15) is 5.69 Å². The third-order valence-electron chi connectivity index (χ3n) is 4.38. The van der Waals surface area contributed by atoms with Gasteiger partial charge in [-0.3, -0.25) is 9.89 Å². The summed E-state index contributed by atoms with van der Waals surface area (Å²) in [5, 5.41) is 6.07. The van der Waals surface area contributed by atoms with Crippen molar-refractivity contribution in [2.24, 2.45) is 7.05 Å². The van der Waals surface area contributed by atoms with Gasteiger partial charge in [0.25, 0.3) is 5.52 Å². The number of halogens is 1. The molecule has 0 atom stereocenters. The van der Waals surface area contributed by atoms with Crippen LogP contribution in [0.15, 0.2) is 53.3 Å². The van der Waals surface area contributed by atoms with Crippen molar-refractivity contribution in [3.63, 3.8) is 0 Å². The lowest BCUT2D eigenvalue weighted by molar-refractivity contribution is -0.650.